The highest BCUT2D eigenvalue weighted by molar-refractivity contribution is 5.55. The van der Waals surface area contributed by atoms with Crippen LogP contribution in [0.3, 0.4) is 0 Å². The molecule has 0 aliphatic heterocycles. The molecule has 0 fully saturated rings. The first-order valence-electron chi connectivity index (χ1n) is 7.91. The zero-order valence-corrected chi connectivity index (χ0v) is 13.3. The van der Waals surface area contributed by atoms with Gasteiger partial charge in [0.25, 0.3) is 0 Å². The van der Waals surface area contributed by atoms with Crippen molar-refractivity contribution in [1.82, 2.24) is 0 Å². The zero-order chi connectivity index (χ0) is 15.9. The number of hydrogen-bond donors (Lipinski definition) is 0. The third-order valence-corrected chi connectivity index (χ3v) is 3.99. The molecular weight excluding hydrogens is 278 g/mol. The fourth-order valence-electron chi connectivity index (χ4n) is 2.70. The summed E-state index contributed by atoms with van der Waals surface area (Å²) in [5, 5.41) is 0. The average molecular weight is 299 g/mol. The SMILES string of the molecule is CN(c1ccccc1)C(/C=C/c1ccccc1)c1ccccc1. The fraction of sp³-hybridized carbons (Fsp3) is 0.0909. The molecule has 1 atom stereocenters. The van der Waals surface area contributed by atoms with Gasteiger partial charge in [-0.1, -0.05) is 91.0 Å². The van der Waals surface area contributed by atoms with Gasteiger partial charge in [-0.25, -0.2) is 0 Å². The van der Waals surface area contributed by atoms with E-state index in [-0.39, 0.29) is 6.04 Å². The molecule has 0 aliphatic rings. The van der Waals surface area contributed by atoms with Crippen molar-refractivity contribution in [3.8, 4) is 0 Å². The number of nitrogens with zero attached hydrogens (tertiary/aromatic N) is 1. The monoisotopic (exact) mass is 299 g/mol. The third kappa shape index (κ3) is 3.89. The summed E-state index contributed by atoms with van der Waals surface area (Å²) in [6.07, 6.45) is 4.45. The number of para-hydroxylation sites is 1. The van der Waals surface area contributed by atoms with Crippen molar-refractivity contribution in [2.75, 3.05) is 11.9 Å². The molecule has 1 nitrogen and oxygen atoms in total. The quantitative estimate of drug-likeness (QED) is 0.594. The minimum Gasteiger partial charge on any atom is -0.364 e. The van der Waals surface area contributed by atoms with Gasteiger partial charge in [-0.2, -0.15) is 0 Å². The molecule has 23 heavy (non-hydrogen) atoms. The van der Waals surface area contributed by atoms with E-state index in [1.54, 1.807) is 0 Å². The molecule has 0 bridgehead atoms. The Balaban J connectivity index is 1.93. The maximum absolute atomic E-state index is 2.30. The molecule has 0 radical (unpaired) electrons. The Labute approximate surface area is 138 Å². The summed E-state index contributed by atoms with van der Waals surface area (Å²) >= 11 is 0. The van der Waals surface area contributed by atoms with Crippen molar-refractivity contribution in [1.29, 1.82) is 0 Å². The Morgan fingerprint density at radius 1 is 0.696 bits per heavy atom. The Kier molecular flexibility index (Phi) is 4.90. The van der Waals surface area contributed by atoms with Gasteiger partial charge in [0.15, 0.2) is 0 Å². The van der Waals surface area contributed by atoms with Gasteiger partial charge in [0.05, 0.1) is 6.04 Å². The summed E-state index contributed by atoms with van der Waals surface area (Å²) in [5.41, 5.74) is 3.71. The minimum absolute atomic E-state index is 0.193. The molecule has 3 rings (SSSR count). The van der Waals surface area contributed by atoms with E-state index in [4.69, 9.17) is 0 Å². The highest BCUT2D eigenvalue weighted by Crippen LogP contribution is 2.27. The van der Waals surface area contributed by atoms with Crippen molar-refractivity contribution < 1.29 is 0 Å². The lowest BCUT2D eigenvalue weighted by Gasteiger charge is -2.28. The minimum atomic E-state index is 0.193. The van der Waals surface area contributed by atoms with Crippen LogP contribution in [0.1, 0.15) is 17.2 Å². The molecule has 1 heteroatoms. The summed E-state index contributed by atoms with van der Waals surface area (Å²) in [7, 11) is 2.14. The van der Waals surface area contributed by atoms with E-state index < -0.39 is 0 Å². The van der Waals surface area contributed by atoms with E-state index in [9.17, 15) is 0 Å². The normalized spacial score (nSPS) is 12.2. The second kappa shape index (κ2) is 7.46. The van der Waals surface area contributed by atoms with Gasteiger partial charge in [-0.05, 0) is 23.3 Å². The van der Waals surface area contributed by atoms with Gasteiger partial charge < -0.3 is 4.90 Å². The van der Waals surface area contributed by atoms with Crippen LogP contribution >= 0.6 is 0 Å². The smallest absolute Gasteiger partial charge is 0.0726 e. The average Bonchev–Trinajstić information content (AvgIpc) is 2.64. The molecule has 0 N–H and O–H groups in total. The number of rotatable bonds is 5. The van der Waals surface area contributed by atoms with Crippen molar-refractivity contribution in [2.24, 2.45) is 0 Å². The first kappa shape index (κ1) is 15.1. The summed E-state index contributed by atoms with van der Waals surface area (Å²) < 4.78 is 0. The predicted molar refractivity (Wildman–Crippen MR) is 99.5 cm³/mol. The van der Waals surface area contributed by atoms with Crippen molar-refractivity contribution in [2.45, 2.75) is 6.04 Å². The largest absolute Gasteiger partial charge is 0.364 e. The van der Waals surface area contributed by atoms with Crippen molar-refractivity contribution in [3.05, 3.63) is 108 Å². The molecule has 0 spiro atoms. The lowest BCUT2D eigenvalue weighted by molar-refractivity contribution is 0.813. The van der Waals surface area contributed by atoms with Crippen LogP contribution in [-0.4, -0.2) is 7.05 Å². The molecule has 114 valence electrons. The summed E-state index contributed by atoms with van der Waals surface area (Å²) in [6, 6.07) is 31.7. The van der Waals surface area contributed by atoms with E-state index in [0.717, 1.165) is 0 Å². The number of anilines is 1. The Morgan fingerprint density at radius 3 is 1.83 bits per heavy atom. The van der Waals surface area contributed by atoms with Gasteiger partial charge >= 0.3 is 0 Å². The maximum Gasteiger partial charge on any atom is 0.0726 e. The fourth-order valence-corrected chi connectivity index (χ4v) is 2.70. The number of hydrogen-bond acceptors (Lipinski definition) is 1. The van der Waals surface area contributed by atoms with Crippen LogP contribution in [0.25, 0.3) is 6.08 Å². The predicted octanol–water partition coefficient (Wildman–Crippen LogP) is 5.58. The van der Waals surface area contributed by atoms with Gasteiger partial charge in [0, 0.05) is 12.7 Å². The molecular formula is C22H21N. The van der Waals surface area contributed by atoms with Gasteiger partial charge in [0.2, 0.25) is 0 Å². The molecule has 0 aromatic heterocycles. The summed E-state index contributed by atoms with van der Waals surface area (Å²) in [5.74, 6) is 0. The van der Waals surface area contributed by atoms with Crippen LogP contribution in [0.4, 0.5) is 5.69 Å². The first-order valence-corrected chi connectivity index (χ1v) is 7.91. The molecule has 0 aliphatic carbocycles. The molecule has 3 aromatic rings. The second-order valence-electron chi connectivity index (χ2n) is 5.57. The van der Waals surface area contributed by atoms with E-state index >= 15 is 0 Å². The molecule has 0 amide bonds. The topological polar surface area (TPSA) is 3.24 Å². The highest BCUT2D eigenvalue weighted by Gasteiger charge is 2.14. The number of benzene rings is 3. The Hall–Kier alpha value is -2.80. The van der Waals surface area contributed by atoms with Crippen molar-refractivity contribution in [3.63, 3.8) is 0 Å². The Morgan fingerprint density at radius 2 is 1.22 bits per heavy atom. The van der Waals surface area contributed by atoms with E-state index in [1.807, 2.05) is 6.07 Å². The molecule has 3 aromatic carbocycles. The lowest BCUT2D eigenvalue weighted by Crippen LogP contribution is -2.22. The van der Waals surface area contributed by atoms with Crippen LogP contribution in [0.2, 0.25) is 0 Å². The Bertz CT molecular complexity index is 733. The van der Waals surface area contributed by atoms with Crippen LogP contribution in [0.5, 0.6) is 0 Å². The molecule has 0 heterocycles. The zero-order valence-electron chi connectivity index (χ0n) is 13.3. The number of likely N-dealkylation sites (N-methyl/N-ethyl adjacent to an activating group) is 1. The van der Waals surface area contributed by atoms with Crippen LogP contribution in [0, 0.1) is 0 Å². The van der Waals surface area contributed by atoms with Gasteiger partial charge in [-0.3, -0.25) is 0 Å². The molecule has 0 saturated heterocycles. The third-order valence-electron chi connectivity index (χ3n) is 3.99. The first-order chi connectivity index (χ1) is 11.3. The van der Waals surface area contributed by atoms with Gasteiger partial charge in [0.1, 0.15) is 0 Å². The summed E-state index contributed by atoms with van der Waals surface area (Å²) in [4.78, 5) is 2.30. The second-order valence-corrected chi connectivity index (χ2v) is 5.57. The van der Waals surface area contributed by atoms with Crippen molar-refractivity contribution >= 4 is 11.8 Å². The summed E-state index contributed by atoms with van der Waals surface area (Å²) in [6.45, 7) is 0. The van der Waals surface area contributed by atoms with E-state index in [0.29, 0.717) is 0 Å². The molecule has 0 saturated carbocycles. The molecule has 1 unspecified atom stereocenters. The maximum atomic E-state index is 2.30. The lowest BCUT2D eigenvalue weighted by atomic mass is 10.0. The van der Waals surface area contributed by atoms with Crippen LogP contribution in [0.15, 0.2) is 97.1 Å². The van der Waals surface area contributed by atoms with Crippen LogP contribution < -0.4 is 4.90 Å². The standard InChI is InChI=1S/C22H21N/c1-23(21-15-9-4-10-16-21)22(20-13-7-3-8-14-20)18-17-19-11-5-2-6-12-19/h2-18,22H,1H3/b18-17+. The van der Waals surface area contributed by atoms with Gasteiger partial charge in [-0.15, -0.1) is 0 Å². The van der Waals surface area contributed by atoms with E-state index in [1.165, 1.54) is 16.8 Å². The van der Waals surface area contributed by atoms with Crippen LogP contribution in [-0.2, 0) is 0 Å². The highest BCUT2D eigenvalue weighted by atomic mass is 15.1. The van der Waals surface area contributed by atoms with E-state index in [2.05, 4.69) is 109 Å².